The second-order valence-electron chi connectivity index (χ2n) is 4.98. The Hall–Kier alpha value is 0.270. The summed E-state index contributed by atoms with van der Waals surface area (Å²) >= 11 is 2.12. The lowest BCUT2D eigenvalue weighted by molar-refractivity contribution is 0.143. The van der Waals surface area contributed by atoms with Gasteiger partial charge in [0.15, 0.2) is 0 Å². The summed E-state index contributed by atoms with van der Waals surface area (Å²) in [6.45, 7) is 9.71. The van der Waals surface area contributed by atoms with Crippen LogP contribution in [0, 0.1) is 5.41 Å². The van der Waals surface area contributed by atoms with Crippen molar-refractivity contribution in [3.8, 4) is 0 Å². The fraction of sp³-hybridized carbons (Fsp3) is 1.00. The van der Waals surface area contributed by atoms with E-state index in [2.05, 4.69) is 42.9 Å². The van der Waals surface area contributed by atoms with Crippen LogP contribution in [-0.2, 0) is 0 Å². The van der Waals surface area contributed by atoms with E-state index in [0.717, 1.165) is 6.54 Å². The van der Waals surface area contributed by atoms with Crippen molar-refractivity contribution in [3.63, 3.8) is 0 Å². The van der Waals surface area contributed by atoms with Gasteiger partial charge in [-0.25, -0.2) is 0 Å². The fourth-order valence-corrected chi connectivity index (χ4v) is 3.51. The normalized spacial score (nSPS) is 19.7. The highest BCUT2D eigenvalue weighted by Gasteiger charge is 2.28. The molecule has 1 fully saturated rings. The van der Waals surface area contributed by atoms with Crippen LogP contribution in [0.25, 0.3) is 0 Å². The molecule has 96 valence electrons. The van der Waals surface area contributed by atoms with Gasteiger partial charge in [0.2, 0.25) is 0 Å². The number of nitrogens with one attached hydrogen (secondary N) is 1. The van der Waals surface area contributed by atoms with Crippen LogP contribution in [0.5, 0.6) is 0 Å². The van der Waals surface area contributed by atoms with Crippen molar-refractivity contribution in [3.05, 3.63) is 0 Å². The average molecular weight is 244 g/mol. The number of hydrogen-bond donors (Lipinski definition) is 1. The molecule has 0 bridgehead atoms. The first kappa shape index (κ1) is 14.3. The van der Waals surface area contributed by atoms with E-state index in [1.54, 1.807) is 0 Å². The van der Waals surface area contributed by atoms with E-state index in [1.165, 1.54) is 50.4 Å². The summed E-state index contributed by atoms with van der Waals surface area (Å²) in [6.07, 6.45) is 3.94. The topological polar surface area (TPSA) is 15.3 Å². The summed E-state index contributed by atoms with van der Waals surface area (Å²) in [5.41, 5.74) is 0.490. The molecule has 1 heterocycles. The Morgan fingerprint density at radius 2 is 1.94 bits per heavy atom. The Morgan fingerprint density at radius 3 is 2.56 bits per heavy atom. The molecule has 0 amide bonds. The van der Waals surface area contributed by atoms with Crippen LogP contribution in [0.15, 0.2) is 0 Å². The Kier molecular flexibility index (Phi) is 6.78. The summed E-state index contributed by atoms with van der Waals surface area (Å²) in [5.74, 6) is 2.68. The Morgan fingerprint density at radius 1 is 1.19 bits per heavy atom. The Labute approximate surface area is 106 Å². The molecule has 0 atom stereocenters. The highest BCUT2D eigenvalue weighted by atomic mass is 32.2. The SMILES string of the molecule is CCC(CC)(CNC)CN1CCCSCC1. The molecular formula is C13H28N2S. The fourth-order valence-electron chi connectivity index (χ4n) is 2.58. The molecule has 1 aliphatic heterocycles. The highest BCUT2D eigenvalue weighted by Crippen LogP contribution is 2.27. The Balaban J connectivity index is 2.51. The molecule has 0 aromatic heterocycles. The van der Waals surface area contributed by atoms with Gasteiger partial charge in [-0.15, -0.1) is 0 Å². The van der Waals surface area contributed by atoms with Gasteiger partial charge in [0.1, 0.15) is 0 Å². The van der Waals surface area contributed by atoms with Crippen LogP contribution in [0.2, 0.25) is 0 Å². The quantitative estimate of drug-likeness (QED) is 0.773. The minimum Gasteiger partial charge on any atom is -0.319 e. The lowest BCUT2D eigenvalue weighted by Gasteiger charge is -2.36. The summed E-state index contributed by atoms with van der Waals surface area (Å²) in [7, 11) is 2.08. The van der Waals surface area contributed by atoms with Crippen molar-refractivity contribution in [1.82, 2.24) is 10.2 Å². The Bertz CT molecular complexity index is 173. The van der Waals surface area contributed by atoms with Crippen LogP contribution in [0.4, 0.5) is 0 Å². The van der Waals surface area contributed by atoms with Crippen molar-refractivity contribution >= 4 is 11.8 Å². The summed E-state index contributed by atoms with van der Waals surface area (Å²) in [6, 6.07) is 0. The van der Waals surface area contributed by atoms with Crippen molar-refractivity contribution in [2.45, 2.75) is 33.1 Å². The number of hydrogen-bond acceptors (Lipinski definition) is 3. The number of nitrogens with zero attached hydrogens (tertiary/aromatic N) is 1. The first-order valence-electron chi connectivity index (χ1n) is 6.71. The molecule has 1 rings (SSSR count). The second-order valence-corrected chi connectivity index (χ2v) is 6.20. The molecule has 1 N–H and O–H groups in total. The van der Waals surface area contributed by atoms with E-state index >= 15 is 0 Å². The molecule has 0 aromatic carbocycles. The smallest absolute Gasteiger partial charge is 0.00726 e. The average Bonchev–Trinajstić information content (AvgIpc) is 2.57. The van der Waals surface area contributed by atoms with Crippen LogP contribution in [-0.4, -0.2) is 49.6 Å². The molecule has 0 radical (unpaired) electrons. The van der Waals surface area contributed by atoms with E-state index in [4.69, 9.17) is 0 Å². The lowest BCUT2D eigenvalue weighted by Crippen LogP contribution is -2.43. The number of thioether (sulfide) groups is 1. The minimum atomic E-state index is 0.490. The first-order chi connectivity index (χ1) is 7.76. The standard InChI is InChI=1S/C13H28N2S/c1-4-13(5-2,11-14-3)12-15-7-6-9-16-10-8-15/h14H,4-12H2,1-3H3. The van der Waals surface area contributed by atoms with E-state index in [9.17, 15) is 0 Å². The summed E-state index contributed by atoms with van der Waals surface area (Å²) in [5, 5.41) is 3.38. The predicted octanol–water partition coefficient (Wildman–Crippen LogP) is 2.45. The molecule has 2 nitrogen and oxygen atoms in total. The van der Waals surface area contributed by atoms with Gasteiger partial charge >= 0.3 is 0 Å². The maximum Gasteiger partial charge on any atom is 0.00726 e. The lowest BCUT2D eigenvalue weighted by atomic mass is 9.81. The molecule has 0 saturated carbocycles. The van der Waals surface area contributed by atoms with Gasteiger partial charge in [0.25, 0.3) is 0 Å². The monoisotopic (exact) mass is 244 g/mol. The van der Waals surface area contributed by atoms with Crippen LogP contribution in [0.1, 0.15) is 33.1 Å². The van der Waals surface area contributed by atoms with Gasteiger partial charge in [0.05, 0.1) is 0 Å². The number of rotatable bonds is 6. The molecule has 16 heavy (non-hydrogen) atoms. The van der Waals surface area contributed by atoms with Crippen molar-refractivity contribution in [2.75, 3.05) is 44.7 Å². The van der Waals surface area contributed by atoms with Gasteiger partial charge in [-0.3, -0.25) is 0 Å². The highest BCUT2D eigenvalue weighted by molar-refractivity contribution is 7.99. The zero-order valence-corrected chi connectivity index (χ0v) is 12.0. The molecule has 0 aromatic rings. The van der Waals surface area contributed by atoms with Gasteiger partial charge in [-0.05, 0) is 44.0 Å². The minimum absolute atomic E-state index is 0.490. The van der Waals surface area contributed by atoms with E-state index in [-0.39, 0.29) is 0 Å². The largest absolute Gasteiger partial charge is 0.319 e. The third-order valence-corrected chi connectivity index (χ3v) is 4.97. The predicted molar refractivity (Wildman–Crippen MR) is 75.3 cm³/mol. The summed E-state index contributed by atoms with van der Waals surface area (Å²) in [4.78, 5) is 2.68. The van der Waals surface area contributed by atoms with Crippen LogP contribution >= 0.6 is 11.8 Å². The molecule has 0 spiro atoms. The maximum absolute atomic E-state index is 3.38. The van der Waals surface area contributed by atoms with Crippen molar-refractivity contribution in [2.24, 2.45) is 5.41 Å². The van der Waals surface area contributed by atoms with E-state index in [0.29, 0.717) is 5.41 Å². The van der Waals surface area contributed by atoms with Gasteiger partial charge < -0.3 is 10.2 Å². The maximum atomic E-state index is 3.38. The van der Waals surface area contributed by atoms with Crippen LogP contribution < -0.4 is 5.32 Å². The molecule has 3 heteroatoms. The second kappa shape index (κ2) is 7.57. The summed E-state index contributed by atoms with van der Waals surface area (Å²) < 4.78 is 0. The zero-order valence-electron chi connectivity index (χ0n) is 11.2. The van der Waals surface area contributed by atoms with Crippen LogP contribution in [0.3, 0.4) is 0 Å². The van der Waals surface area contributed by atoms with E-state index < -0.39 is 0 Å². The van der Waals surface area contributed by atoms with Crippen molar-refractivity contribution in [1.29, 1.82) is 0 Å². The van der Waals surface area contributed by atoms with Crippen molar-refractivity contribution < 1.29 is 0 Å². The molecule has 1 saturated heterocycles. The molecular weight excluding hydrogens is 216 g/mol. The first-order valence-corrected chi connectivity index (χ1v) is 7.86. The van der Waals surface area contributed by atoms with Gasteiger partial charge in [-0.2, -0.15) is 11.8 Å². The third-order valence-electron chi connectivity index (χ3n) is 3.93. The van der Waals surface area contributed by atoms with E-state index in [1.807, 2.05) is 0 Å². The third kappa shape index (κ3) is 4.27. The molecule has 1 aliphatic rings. The zero-order chi connectivity index (χ0) is 11.9. The molecule has 0 unspecified atom stereocenters. The van der Waals surface area contributed by atoms with Gasteiger partial charge in [-0.1, -0.05) is 13.8 Å². The van der Waals surface area contributed by atoms with Gasteiger partial charge in [0, 0.05) is 25.4 Å². The molecule has 0 aliphatic carbocycles.